The molecule has 8 heteroatoms. The summed E-state index contributed by atoms with van der Waals surface area (Å²) in [7, 11) is 1.50. The van der Waals surface area contributed by atoms with Crippen LogP contribution in [0.5, 0.6) is 11.5 Å². The zero-order valence-electron chi connectivity index (χ0n) is 30.7. The van der Waals surface area contributed by atoms with E-state index in [1.54, 1.807) is 29.2 Å². The lowest BCUT2D eigenvalue weighted by molar-refractivity contribution is -0.150. The van der Waals surface area contributed by atoms with Crippen molar-refractivity contribution in [3.05, 3.63) is 156 Å². The van der Waals surface area contributed by atoms with Gasteiger partial charge in [-0.3, -0.25) is 4.79 Å². The molecule has 0 saturated carbocycles. The van der Waals surface area contributed by atoms with Gasteiger partial charge in [-0.05, 0) is 58.7 Å². The largest absolute Gasteiger partial charge is 0.493 e. The van der Waals surface area contributed by atoms with Crippen LogP contribution in [0.15, 0.2) is 140 Å². The zero-order valence-corrected chi connectivity index (χ0v) is 30.7. The number of hydrogen-bond acceptors (Lipinski definition) is 6. The molecule has 274 valence electrons. The quantitative estimate of drug-likeness (QED) is 0.0768. The Balaban J connectivity index is 1.37. The number of carbonyl (C=O) groups excluding carboxylic acids is 3. The Morgan fingerprint density at radius 1 is 0.623 bits per heavy atom. The van der Waals surface area contributed by atoms with E-state index in [9.17, 15) is 14.4 Å². The van der Waals surface area contributed by atoms with E-state index in [0.717, 1.165) is 27.8 Å². The minimum atomic E-state index is -1.04. The van der Waals surface area contributed by atoms with Crippen LogP contribution in [-0.2, 0) is 33.8 Å². The second-order valence-electron chi connectivity index (χ2n) is 13.5. The summed E-state index contributed by atoms with van der Waals surface area (Å²) in [4.78, 5) is 43.4. The highest BCUT2D eigenvalue weighted by Crippen LogP contribution is 2.27. The molecule has 0 radical (unpaired) electrons. The van der Waals surface area contributed by atoms with Crippen LogP contribution in [-0.4, -0.2) is 49.1 Å². The summed E-state index contributed by atoms with van der Waals surface area (Å²) in [5, 5.41) is 2.97. The van der Waals surface area contributed by atoms with Crippen LogP contribution in [0.2, 0.25) is 0 Å². The predicted octanol–water partition coefficient (Wildman–Crippen LogP) is 8.54. The maximum Gasteiger partial charge on any atom is 0.334 e. The molecule has 0 aliphatic rings. The highest BCUT2D eigenvalue weighted by atomic mass is 16.6. The Bertz CT molecular complexity index is 1880. The predicted molar refractivity (Wildman–Crippen MR) is 207 cm³/mol. The number of amides is 2. The first-order chi connectivity index (χ1) is 25.8. The molecule has 1 unspecified atom stereocenters. The molecule has 2 amide bonds. The van der Waals surface area contributed by atoms with E-state index in [1.165, 1.54) is 7.11 Å². The summed E-state index contributed by atoms with van der Waals surface area (Å²) >= 11 is 0. The number of para-hydroxylation sites is 2. The number of benzene rings is 5. The van der Waals surface area contributed by atoms with E-state index in [2.05, 4.69) is 5.32 Å². The van der Waals surface area contributed by atoms with Crippen LogP contribution in [0.4, 0.5) is 4.79 Å². The molecule has 0 saturated heterocycles. The van der Waals surface area contributed by atoms with Gasteiger partial charge in [0.1, 0.15) is 12.6 Å². The molecule has 0 fully saturated rings. The fourth-order valence-corrected chi connectivity index (χ4v) is 6.08. The monoisotopic (exact) mass is 712 g/mol. The summed E-state index contributed by atoms with van der Waals surface area (Å²) in [5.41, 5.74) is 4.93. The topological polar surface area (TPSA) is 94.2 Å². The maximum absolute atomic E-state index is 14.2. The number of rotatable bonds is 17. The lowest BCUT2D eigenvalue weighted by Crippen LogP contribution is -2.52. The van der Waals surface area contributed by atoms with Gasteiger partial charge in [-0.25, -0.2) is 9.59 Å². The van der Waals surface area contributed by atoms with Crippen molar-refractivity contribution in [2.24, 2.45) is 11.8 Å². The molecule has 53 heavy (non-hydrogen) atoms. The third-order valence-corrected chi connectivity index (χ3v) is 8.86. The molecule has 5 rings (SSSR count). The summed E-state index contributed by atoms with van der Waals surface area (Å²) in [6.45, 7) is 4.63. The summed E-state index contributed by atoms with van der Waals surface area (Å²) in [5.74, 6) is -0.887. The van der Waals surface area contributed by atoms with Crippen LogP contribution in [0.25, 0.3) is 11.1 Å². The number of aryl methyl sites for hydroxylation is 1. The standard InChI is InChI=1S/C45H48N2O6/c1-33(2)30-47(31-39(28-23-34-15-7-4-8-16-34)43(48)52-32-36-17-9-5-10-18-36)45(50)46-40(44(49)53-42-22-14-13-21-41(42)51-3)29-35-24-26-38(27-25-35)37-19-11-6-12-20-37/h4-22,24-27,33,39-40H,23,28-32H2,1-3H3,(H,46,50)/t39?,40-/m0/s1. The average Bonchev–Trinajstić information content (AvgIpc) is 3.19. The van der Waals surface area contributed by atoms with Gasteiger partial charge in [0, 0.05) is 19.5 Å². The van der Waals surface area contributed by atoms with Crippen molar-refractivity contribution in [3.8, 4) is 22.6 Å². The van der Waals surface area contributed by atoms with E-state index < -0.39 is 24.0 Å². The molecular weight excluding hydrogens is 665 g/mol. The van der Waals surface area contributed by atoms with Gasteiger partial charge in [0.25, 0.3) is 0 Å². The molecule has 8 nitrogen and oxygen atoms in total. The number of ether oxygens (including phenoxy) is 3. The Kier molecular flexibility index (Phi) is 14.2. The fraction of sp³-hybridized carbons (Fsp3) is 0.267. The number of carbonyl (C=O) groups is 3. The number of nitrogens with one attached hydrogen (secondary N) is 1. The van der Waals surface area contributed by atoms with Gasteiger partial charge in [0.2, 0.25) is 0 Å². The molecule has 0 bridgehead atoms. The van der Waals surface area contributed by atoms with Gasteiger partial charge in [-0.15, -0.1) is 0 Å². The van der Waals surface area contributed by atoms with E-state index in [0.29, 0.717) is 25.1 Å². The number of hydrogen-bond donors (Lipinski definition) is 1. The molecule has 0 aliphatic heterocycles. The maximum atomic E-state index is 14.2. The Morgan fingerprint density at radius 2 is 1.19 bits per heavy atom. The Morgan fingerprint density at radius 3 is 1.81 bits per heavy atom. The van der Waals surface area contributed by atoms with Crippen LogP contribution >= 0.6 is 0 Å². The molecule has 0 aliphatic carbocycles. The molecular formula is C45H48N2O6. The van der Waals surface area contributed by atoms with Crippen molar-refractivity contribution in [1.29, 1.82) is 0 Å². The number of urea groups is 1. The molecule has 2 atom stereocenters. The van der Waals surface area contributed by atoms with E-state index in [-0.39, 0.29) is 37.2 Å². The van der Waals surface area contributed by atoms with E-state index in [4.69, 9.17) is 14.2 Å². The second-order valence-corrected chi connectivity index (χ2v) is 13.5. The number of esters is 2. The summed E-state index contributed by atoms with van der Waals surface area (Å²) in [6.07, 6.45) is 1.29. The van der Waals surface area contributed by atoms with Crippen LogP contribution < -0.4 is 14.8 Å². The lowest BCUT2D eigenvalue weighted by atomic mass is 9.98. The van der Waals surface area contributed by atoms with Crippen LogP contribution in [0.3, 0.4) is 0 Å². The first kappa shape index (κ1) is 38.3. The van der Waals surface area contributed by atoms with Gasteiger partial charge in [0.05, 0.1) is 13.0 Å². The number of nitrogens with zero attached hydrogens (tertiary/aromatic N) is 1. The van der Waals surface area contributed by atoms with Gasteiger partial charge in [0.15, 0.2) is 11.5 Å². The fourth-order valence-electron chi connectivity index (χ4n) is 6.08. The van der Waals surface area contributed by atoms with Crippen molar-refractivity contribution >= 4 is 18.0 Å². The third kappa shape index (κ3) is 11.8. The van der Waals surface area contributed by atoms with Crippen molar-refractivity contribution in [2.75, 3.05) is 20.2 Å². The Labute approximate surface area is 312 Å². The normalized spacial score (nSPS) is 12.0. The minimum absolute atomic E-state index is 0.0837. The molecule has 1 N–H and O–H groups in total. The molecule has 5 aromatic rings. The van der Waals surface area contributed by atoms with Gasteiger partial charge in [-0.1, -0.05) is 141 Å². The van der Waals surface area contributed by atoms with Crippen LogP contribution in [0.1, 0.15) is 37.0 Å². The molecule has 0 spiro atoms. The molecule has 0 heterocycles. The Hall–Kier alpha value is -5.89. The average molecular weight is 713 g/mol. The van der Waals surface area contributed by atoms with E-state index in [1.807, 2.05) is 129 Å². The lowest BCUT2D eigenvalue weighted by Gasteiger charge is -2.30. The van der Waals surface area contributed by atoms with Gasteiger partial charge in [-0.2, -0.15) is 0 Å². The van der Waals surface area contributed by atoms with Gasteiger partial charge < -0.3 is 24.4 Å². The molecule has 5 aromatic carbocycles. The van der Waals surface area contributed by atoms with Crippen molar-refractivity contribution in [2.45, 2.75) is 45.8 Å². The van der Waals surface area contributed by atoms with Crippen molar-refractivity contribution < 1.29 is 28.6 Å². The minimum Gasteiger partial charge on any atom is -0.493 e. The first-order valence-electron chi connectivity index (χ1n) is 18.1. The second kappa shape index (κ2) is 19.6. The third-order valence-electron chi connectivity index (χ3n) is 8.86. The highest BCUT2D eigenvalue weighted by Gasteiger charge is 2.30. The molecule has 0 aromatic heterocycles. The smallest absolute Gasteiger partial charge is 0.334 e. The van der Waals surface area contributed by atoms with E-state index >= 15 is 0 Å². The summed E-state index contributed by atoms with van der Waals surface area (Å²) in [6, 6.07) is 42.8. The zero-order chi connectivity index (χ0) is 37.4. The van der Waals surface area contributed by atoms with Gasteiger partial charge >= 0.3 is 18.0 Å². The highest BCUT2D eigenvalue weighted by molar-refractivity contribution is 5.86. The summed E-state index contributed by atoms with van der Waals surface area (Å²) < 4.78 is 17.1. The number of methoxy groups -OCH3 is 1. The van der Waals surface area contributed by atoms with Crippen LogP contribution in [0, 0.1) is 11.8 Å². The SMILES string of the molecule is COc1ccccc1OC(=O)[C@H](Cc1ccc(-c2ccccc2)cc1)NC(=O)N(CC(C)C)CC(CCc1ccccc1)C(=O)OCc1ccccc1. The van der Waals surface area contributed by atoms with Crippen molar-refractivity contribution in [3.63, 3.8) is 0 Å². The van der Waals surface area contributed by atoms with Crippen molar-refractivity contribution in [1.82, 2.24) is 10.2 Å². The first-order valence-corrected chi connectivity index (χ1v) is 18.1.